The molecule has 6 heteroatoms. The Labute approximate surface area is 151 Å². The summed E-state index contributed by atoms with van der Waals surface area (Å²) in [7, 11) is 4.20. The summed E-state index contributed by atoms with van der Waals surface area (Å²) >= 11 is 1.78. The fourth-order valence-electron chi connectivity index (χ4n) is 2.17. The summed E-state index contributed by atoms with van der Waals surface area (Å²) < 4.78 is 5.64. The fraction of sp³-hybridized carbons (Fsp3) is 0.722. The van der Waals surface area contributed by atoms with E-state index in [0.29, 0.717) is 18.6 Å². The van der Waals surface area contributed by atoms with E-state index in [2.05, 4.69) is 67.9 Å². The molecule has 138 valence electrons. The molecule has 5 nitrogen and oxygen atoms in total. The van der Waals surface area contributed by atoms with Crippen molar-refractivity contribution in [2.24, 2.45) is 10.9 Å². The highest BCUT2D eigenvalue weighted by Gasteiger charge is 2.14. The zero-order valence-electron chi connectivity index (χ0n) is 15.8. The van der Waals surface area contributed by atoms with Crippen molar-refractivity contribution in [2.75, 3.05) is 46.9 Å². The van der Waals surface area contributed by atoms with Gasteiger partial charge in [-0.05, 0) is 44.8 Å². The molecule has 0 aliphatic carbocycles. The van der Waals surface area contributed by atoms with E-state index >= 15 is 0 Å². The van der Waals surface area contributed by atoms with Crippen LogP contribution in [0, 0.1) is 5.92 Å². The van der Waals surface area contributed by atoms with Crippen LogP contribution in [-0.4, -0.2) is 57.8 Å². The average Bonchev–Trinajstić information content (AvgIpc) is 3.04. The highest BCUT2D eigenvalue weighted by molar-refractivity contribution is 7.10. The van der Waals surface area contributed by atoms with E-state index in [-0.39, 0.29) is 0 Å². The smallest absolute Gasteiger partial charge is 0.191 e. The minimum Gasteiger partial charge on any atom is -0.380 e. The molecule has 1 rings (SSSR count). The maximum Gasteiger partial charge on any atom is 0.191 e. The maximum atomic E-state index is 5.64. The van der Waals surface area contributed by atoms with Crippen molar-refractivity contribution in [2.45, 2.75) is 33.2 Å². The van der Waals surface area contributed by atoms with Crippen molar-refractivity contribution < 1.29 is 4.74 Å². The number of aliphatic imine (C=N–C) groups is 1. The van der Waals surface area contributed by atoms with Crippen molar-refractivity contribution >= 4 is 17.3 Å². The quantitative estimate of drug-likeness (QED) is 0.364. The van der Waals surface area contributed by atoms with E-state index in [4.69, 9.17) is 9.73 Å². The second-order valence-corrected chi connectivity index (χ2v) is 7.42. The zero-order chi connectivity index (χ0) is 17.8. The van der Waals surface area contributed by atoms with E-state index in [1.807, 2.05) is 0 Å². The first kappa shape index (κ1) is 20.9. The van der Waals surface area contributed by atoms with Gasteiger partial charge in [-0.3, -0.25) is 4.99 Å². The van der Waals surface area contributed by atoms with Gasteiger partial charge in [0.25, 0.3) is 0 Å². The van der Waals surface area contributed by atoms with Gasteiger partial charge in [-0.25, -0.2) is 0 Å². The summed E-state index contributed by atoms with van der Waals surface area (Å²) in [4.78, 5) is 8.30. The Bertz CT molecular complexity index is 446. The van der Waals surface area contributed by atoms with E-state index in [9.17, 15) is 0 Å². The first-order valence-electron chi connectivity index (χ1n) is 8.84. The van der Waals surface area contributed by atoms with Crippen LogP contribution in [0.3, 0.4) is 0 Å². The lowest BCUT2D eigenvalue weighted by Gasteiger charge is -2.22. The molecule has 1 unspecified atom stereocenters. The first-order chi connectivity index (χ1) is 11.5. The SMILES string of the molecule is CCNC(=NCC(c1cccs1)N(C)C)NCCOCCC(C)C. The van der Waals surface area contributed by atoms with Crippen LogP contribution in [0.25, 0.3) is 0 Å². The van der Waals surface area contributed by atoms with Gasteiger partial charge in [0.05, 0.1) is 19.2 Å². The van der Waals surface area contributed by atoms with Crippen molar-refractivity contribution in [1.29, 1.82) is 0 Å². The number of nitrogens with one attached hydrogen (secondary N) is 2. The third-order valence-electron chi connectivity index (χ3n) is 3.64. The molecule has 24 heavy (non-hydrogen) atoms. The summed E-state index contributed by atoms with van der Waals surface area (Å²) in [5.74, 6) is 1.55. The molecule has 0 bridgehead atoms. The Morgan fingerprint density at radius 1 is 1.29 bits per heavy atom. The Kier molecular flexibility index (Phi) is 10.7. The molecule has 0 aliphatic heterocycles. The second-order valence-electron chi connectivity index (χ2n) is 6.44. The average molecular weight is 355 g/mol. The number of ether oxygens (including phenoxy) is 1. The van der Waals surface area contributed by atoms with Crippen LogP contribution in [0.15, 0.2) is 22.5 Å². The predicted molar refractivity (Wildman–Crippen MR) is 105 cm³/mol. The topological polar surface area (TPSA) is 48.9 Å². The maximum absolute atomic E-state index is 5.64. The minimum atomic E-state index is 0.308. The van der Waals surface area contributed by atoms with Gasteiger partial charge in [0.1, 0.15) is 0 Å². The largest absolute Gasteiger partial charge is 0.380 e. The Balaban J connectivity index is 2.43. The molecule has 0 aliphatic rings. The summed E-state index contributed by atoms with van der Waals surface area (Å²) in [6, 6.07) is 4.58. The molecular formula is C18H34N4OS. The van der Waals surface area contributed by atoms with Crippen LogP contribution in [0.1, 0.15) is 38.1 Å². The third kappa shape index (κ3) is 8.66. The van der Waals surface area contributed by atoms with E-state index in [0.717, 1.165) is 38.6 Å². The molecule has 0 amide bonds. The van der Waals surface area contributed by atoms with Crippen LogP contribution in [0.5, 0.6) is 0 Å². The normalized spacial score (nSPS) is 13.5. The summed E-state index contributed by atoms with van der Waals surface area (Å²) in [6.07, 6.45) is 1.11. The van der Waals surface area contributed by atoms with Crippen molar-refractivity contribution in [3.8, 4) is 0 Å². The van der Waals surface area contributed by atoms with Gasteiger partial charge in [0.2, 0.25) is 0 Å². The van der Waals surface area contributed by atoms with Gasteiger partial charge in [0.15, 0.2) is 5.96 Å². The molecule has 0 aromatic carbocycles. The highest BCUT2D eigenvalue weighted by Crippen LogP contribution is 2.23. The standard InChI is InChI=1S/C18H34N4OS/c1-6-19-18(20-10-12-23-11-9-15(2)3)21-14-16(22(4)5)17-8-7-13-24-17/h7-8,13,15-16H,6,9-12,14H2,1-5H3,(H2,19,20,21). The van der Waals surface area contributed by atoms with Crippen molar-refractivity contribution in [1.82, 2.24) is 15.5 Å². The molecule has 1 aromatic rings. The molecule has 1 aromatic heterocycles. The lowest BCUT2D eigenvalue weighted by atomic mass is 10.1. The Morgan fingerprint density at radius 3 is 2.67 bits per heavy atom. The molecule has 0 saturated carbocycles. The first-order valence-corrected chi connectivity index (χ1v) is 9.72. The van der Waals surface area contributed by atoms with Gasteiger partial charge in [-0.2, -0.15) is 0 Å². The number of guanidine groups is 1. The van der Waals surface area contributed by atoms with Gasteiger partial charge < -0.3 is 20.3 Å². The van der Waals surface area contributed by atoms with Crippen LogP contribution >= 0.6 is 11.3 Å². The molecule has 1 atom stereocenters. The lowest BCUT2D eigenvalue weighted by molar-refractivity contribution is 0.128. The number of rotatable bonds is 11. The lowest BCUT2D eigenvalue weighted by Crippen LogP contribution is -2.39. The monoisotopic (exact) mass is 354 g/mol. The van der Waals surface area contributed by atoms with Crippen LogP contribution in [-0.2, 0) is 4.74 Å². The summed E-state index contributed by atoms with van der Waals surface area (Å²) in [5.41, 5.74) is 0. The van der Waals surface area contributed by atoms with Crippen molar-refractivity contribution in [3.63, 3.8) is 0 Å². The summed E-state index contributed by atoms with van der Waals surface area (Å²) in [6.45, 7) is 10.4. The fourth-order valence-corrected chi connectivity index (χ4v) is 3.08. The number of hydrogen-bond acceptors (Lipinski definition) is 4. The van der Waals surface area contributed by atoms with E-state index in [1.165, 1.54) is 4.88 Å². The van der Waals surface area contributed by atoms with Gasteiger partial charge in [-0.15, -0.1) is 11.3 Å². The second kappa shape index (κ2) is 12.3. The van der Waals surface area contributed by atoms with E-state index < -0.39 is 0 Å². The van der Waals surface area contributed by atoms with Crippen molar-refractivity contribution in [3.05, 3.63) is 22.4 Å². The number of likely N-dealkylation sites (N-methyl/N-ethyl adjacent to an activating group) is 1. The van der Waals surface area contributed by atoms with Gasteiger partial charge >= 0.3 is 0 Å². The Hall–Kier alpha value is -1.11. The van der Waals surface area contributed by atoms with Gasteiger partial charge in [-0.1, -0.05) is 19.9 Å². The van der Waals surface area contributed by atoms with Crippen LogP contribution in [0.4, 0.5) is 0 Å². The molecule has 0 saturated heterocycles. The van der Waals surface area contributed by atoms with Gasteiger partial charge in [0, 0.05) is 24.6 Å². The minimum absolute atomic E-state index is 0.308. The number of thiophene rings is 1. The molecule has 2 N–H and O–H groups in total. The van der Waals surface area contributed by atoms with Crippen LogP contribution < -0.4 is 10.6 Å². The molecule has 1 heterocycles. The number of hydrogen-bond donors (Lipinski definition) is 2. The molecule has 0 fully saturated rings. The zero-order valence-corrected chi connectivity index (χ0v) is 16.7. The third-order valence-corrected chi connectivity index (χ3v) is 4.61. The Morgan fingerprint density at radius 2 is 2.08 bits per heavy atom. The highest BCUT2D eigenvalue weighted by atomic mass is 32.1. The molecular weight excluding hydrogens is 320 g/mol. The summed E-state index contributed by atoms with van der Waals surface area (Å²) in [5, 5.41) is 8.77. The predicted octanol–water partition coefficient (Wildman–Crippen LogP) is 2.97. The molecule has 0 radical (unpaired) electrons. The van der Waals surface area contributed by atoms with Crippen LogP contribution in [0.2, 0.25) is 0 Å². The molecule has 0 spiro atoms. The number of nitrogens with zero attached hydrogens (tertiary/aromatic N) is 2. The van der Waals surface area contributed by atoms with E-state index in [1.54, 1.807) is 11.3 Å².